The minimum absolute atomic E-state index is 0.333. The van der Waals surface area contributed by atoms with Crippen LogP contribution in [0.15, 0.2) is 48.5 Å². The third kappa shape index (κ3) is 6.98. The van der Waals surface area contributed by atoms with E-state index in [1.165, 1.54) is 0 Å². The molecule has 0 heterocycles. The highest BCUT2D eigenvalue weighted by molar-refractivity contribution is 5.71. The second kappa shape index (κ2) is 8.60. The molecule has 0 aliphatic rings. The van der Waals surface area contributed by atoms with Crippen LogP contribution in [0.25, 0.3) is 0 Å². The third-order valence-corrected chi connectivity index (χ3v) is 2.20. The van der Waals surface area contributed by atoms with Gasteiger partial charge in [0, 0.05) is 11.4 Å². The lowest BCUT2D eigenvalue weighted by atomic mass is 10.3. The van der Waals surface area contributed by atoms with E-state index >= 15 is 0 Å². The van der Waals surface area contributed by atoms with Crippen LogP contribution < -0.4 is 21.5 Å². The van der Waals surface area contributed by atoms with Gasteiger partial charge in [0.15, 0.2) is 0 Å². The Labute approximate surface area is 124 Å². The maximum absolute atomic E-state index is 10.2. The van der Waals surface area contributed by atoms with Crippen molar-refractivity contribution >= 4 is 17.8 Å². The Morgan fingerprint density at radius 2 is 1.43 bits per heavy atom. The summed E-state index contributed by atoms with van der Waals surface area (Å²) >= 11 is 0. The lowest BCUT2D eigenvalue weighted by Crippen LogP contribution is -2.06. The molecule has 112 valence electrons. The van der Waals surface area contributed by atoms with E-state index in [9.17, 15) is 4.79 Å². The minimum Gasteiger partial charge on any atom is -0.457 e. The van der Waals surface area contributed by atoms with E-state index < -0.39 is 0 Å². The van der Waals surface area contributed by atoms with Crippen molar-refractivity contribution < 1.29 is 9.53 Å². The molecule has 0 spiro atoms. The summed E-state index contributed by atoms with van der Waals surface area (Å²) in [7, 11) is 0. The Morgan fingerprint density at radius 3 is 1.86 bits per heavy atom. The summed E-state index contributed by atoms with van der Waals surface area (Å²) in [5.41, 5.74) is 12.1. The van der Waals surface area contributed by atoms with Gasteiger partial charge in [-0.1, -0.05) is 13.8 Å². The van der Waals surface area contributed by atoms with Crippen LogP contribution in [0.2, 0.25) is 0 Å². The molecule has 0 fully saturated rings. The van der Waals surface area contributed by atoms with Gasteiger partial charge in [-0.3, -0.25) is 4.79 Å². The number of hydrogen-bond acceptors (Lipinski definition) is 4. The standard InChI is InChI=1S/C13H12N2O2.C3H9N/c14-10-1-5-12(6-2-10)17-13-7-3-11(4-8-13)15-9-16;1-3(2)4/h1-9H,14H2,(H,15,16);3H,4H2,1-2H3. The zero-order chi connectivity index (χ0) is 15.7. The van der Waals surface area contributed by atoms with Gasteiger partial charge in [-0.25, -0.2) is 0 Å². The van der Waals surface area contributed by atoms with Crippen LogP contribution in [0.5, 0.6) is 11.5 Å². The molecular formula is C16H21N3O2. The van der Waals surface area contributed by atoms with Gasteiger partial charge in [0.05, 0.1) is 0 Å². The summed E-state index contributed by atoms with van der Waals surface area (Å²) in [6.45, 7) is 3.89. The van der Waals surface area contributed by atoms with Crippen molar-refractivity contribution in [1.82, 2.24) is 0 Å². The number of nitrogens with two attached hydrogens (primary N) is 2. The predicted molar refractivity (Wildman–Crippen MR) is 86.4 cm³/mol. The Kier molecular flexibility index (Phi) is 6.77. The van der Waals surface area contributed by atoms with Crippen LogP contribution in [-0.2, 0) is 4.79 Å². The van der Waals surface area contributed by atoms with Gasteiger partial charge in [0.25, 0.3) is 0 Å². The number of nitrogens with one attached hydrogen (secondary N) is 1. The first-order chi connectivity index (χ1) is 10.0. The highest BCUT2D eigenvalue weighted by atomic mass is 16.5. The molecule has 0 radical (unpaired) electrons. The average molecular weight is 287 g/mol. The molecule has 5 nitrogen and oxygen atoms in total. The van der Waals surface area contributed by atoms with Crippen molar-refractivity contribution in [2.24, 2.45) is 5.73 Å². The van der Waals surface area contributed by atoms with Gasteiger partial charge < -0.3 is 21.5 Å². The fourth-order valence-corrected chi connectivity index (χ4v) is 1.36. The summed E-state index contributed by atoms with van der Waals surface area (Å²) in [5.74, 6) is 1.42. The smallest absolute Gasteiger partial charge is 0.211 e. The van der Waals surface area contributed by atoms with Crippen molar-refractivity contribution in [3.63, 3.8) is 0 Å². The molecule has 0 bridgehead atoms. The molecule has 2 aromatic rings. The fourth-order valence-electron chi connectivity index (χ4n) is 1.36. The van der Waals surface area contributed by atoms with E-state index in [0.29, 0.717) is 23.9 Å². The SMILES string of the molecule is CC(C)N.Nc1ccc(Oc2ccc(NC=O)cc2)cc1. The van der Waals surface area contributed by atoms with Crippen molar-refractivity contribution in [1.29, 1.82) is 0 Å². The topological polar surface area (TPSA) is 90.4 Å². The van der Waals surface area contributed by atoms with E-state index in [0.717, 1.165) is 11.4 Å². The first kappa shape index (κ1) is 16.5. The van der Waals surface area contributed by atoms with Crippen LogP contribution in [0, 0.1) is 0 Å². The summed E-state index contributed by atoms with van der Waals surface area (Å²) in [6.07, 6.45) is 0.635. The number of hydrogen-bond donors (Lipinski definition) is 3. The van der Waals surface area contributed by atoms with Gasteiger partial charge in [0.1, 0.15) is 11.5 Å². The lowest BCUT2D eigenvalue weighted by molar-refractivity contribution is -0.105. The molecule has 1 amide bonds. The summed E-state index contributed by atoms with van der Waals surface area (Å²) in [5, 5.41) is 2.55. The Balaban J connectivity index is 0.000000491. The van der Waals surface area contributed by atoms with Crippen molar-refractivity contribution in [2.45, 2.75) is 19.9 Å². The van der Waals surface area contributed by atoms with E-state index in [1.54, 1.807) is 48.5 Å². The average Bonchev–Trinajstić information content (AvgIpc) is 2.43. The number of amides is 1. The predicted octanol–water partition coefficient (Wildman–Crippen LogP) is 2.98. The number of nitrogen functional groups attached to an aromatic ring is 1. The molecule has 5 heteroatoms. The van der Waals surface area contributed by atoms with Crippen LogP contribution in [-0.4, -0.2) is 12.5 Å². The van der Waals surface area contributed by atoms with Crippen molar-refractivity contribution in [3.05, 3.63) is 48.5 Å². The van der Waals surface area contributed by atoms with Gasteiger partial charge >= 0.3 is 0 Å². The normalized spacial score (nSPS) is 9.52. The molecule has 2 aromatic carbocycles. The van der Waals surface area contributed by atoms with E-state index in [1.807, 2.05) is 13.8 Å². The largest absolute Gasteiger partial charge is 0.457 e. The Bertz CT molecular complexity index is 534. The number of anilines is 2. The lowest BCUT2D eigenvalue weighted by Gasteiger charge is -2.06. The molecule has 0 saturated heterocycles. The molecule has 0 saturated carbocycles. The summed E-state index contributed by atoms with van der Waals surface area (Å²) in [6, 6.07) is 14.6. The molecule has 2 rings (SSSR count). The monoisotopic (exact) mass is 287 g/mol. The summed E-state index contributed by atoms with van der Waals surface area (Å²) in [4.78, 5) is 10.2. The molecule has 0 atom stereocenters. The van der Waals surface area contributed by atoms with Gasteiger partial charge in [-0.2, -0.15) is 0 Å². The van der Waals surface area contributed by atoms with E-state index in [-0.39, 0.29) is 0 Å². The van der Waals surface area contributed by atoms with E-state index in [4.69, 9.17) is 16.2 Å². The number of carbonyl (C=O) groups excluding carboxylic acids is 1. The maximum Gasteiger partial charge on any atom is 0.211 e. The third-order valence-electron chi connectivity index (χ3n) is 2.20. The van der Waals surface area contributed by atoms with Crippen LogP contribution >= 0.6 is 0 Å². The maximum atomic E-state index is 10.2. The molecule has 0 aliphatic heterocycles. The minimum atomic E-state index is 0.333. The van der Waals surface area contributed by atoms with Crippen molar-refractivity contribution in [3.8, 4) is 11.5 Å². The zero-order valence-corrected chi connectivity index (χ0v) is 12.2. The fraction of sp³-hybridized carbons (Fsp3) is 0.188. The summed E-state index contributed by atoms with van der Waals surface area (Å²) < 4.78 is 5.59. The molecule has 0 unspecified atom stereocenters. The molecular weight excluding hydrogens is 266 g/mol. The van der Waals surface area contributed by atoms with Crippen LogP contribution in [0.1, 0.15) is 13.8 Å². The molecule has 0 aromatic heterocycles. The highest BCUT2D eigenvalue weighted by Crippen LogP contribution is 2.23. The molecule has 5 N–H and O–H groups in total. The second-order valence-corrected chi connectivity index (χ2v) is 4.70. The van der Waals surface area contributed by atoms with Gasteiger partial charge in [-0.15, -0.1) is 0 Å². The van der Waals surface area contributed by atoms with Crippen LogP contribution in [0.3, 0.4) is 0 Å². The molecule has 0 aliphatic carbocycles. The van der Waals surface area contributed by atoms with Gasteiger partial charge in [-0.05, 0) is 54.6 Å². The first-order valence-corrected chi connectivity index (χ1v) is 6.60. The number of rotatable bonds is 4. The van der Waals surface area contributed by atoms with Crippen molar-refractivity contribution in [2.75, 3.05) is 11.1 Å². The first-order valence-electron chi connectivity index (χ1n) is 6.60. The number of carbonyl (C=O) groups is 1. The van der Waals surface area contributed by atoms with E-state index in [2.05, 4.69) is 5.32 Å². The Hall–Kier alpha value is -2.53. The van der Waals surface area contributed by atoms with Gasteiger partial charge in [0.2, 0.25) is 6.41 Å². The number of benzene rings is 2. The Morgan fingerprint density at radius 1 is 1.00 bits per heavy atom. The molecule has 21 heavy (non-hydrogen) atoms. The quantitative estimate of drug-likeness (QED) is 0.595. The number of ether oxygens (including phenoxy) is 1. The second-order valence-electron chi connectivity index (χ2n) is 4.70. The zero-order valence-electron chi connectivity index (χ0n) is 12.2. The highest BCUT2D eigenvalue weighted by Gasteiger charge is 1.97. The van der Waals surface area contributed by atoms with Crippen LogP contribution in [0.4, 0.5) is 11.4 Å².